The number of piperazine rings is 1. The molecule has 0 radical (unpaired) electrons. The van der Waals surface area contributed by atoms with E-state index in [1.165, 1.54) is 11.0 Å². The predicted molar refractivity (Wildman–Crippen MR) is 307 cm³/mol. The minimum Gasteiger partial charge on any atom is -0.391 e. The van der Waals surface area contributed by atoms with Gasteiger partial charge in [0.2, 0.25) is 29.5 Å². The maximum absolute atomic E-state index is 14.0. The molecule has 0 bridgehead atoms. The van der Waals surface area contributed by atoms with Crippen molar-refractivity contribution in [1.82, 2.24) is 55.7 Å². The topological polar surface area (TPSA) is 245 Å². The standard InChI is InChI=1S/C59H80N12O9S/c1-41-54(81-40-63-41)45-13-10-44(11-14-45)36-62-56(76)49-34-47(72)37-71(49)58(78)55(59(2,3)4)64-52(74)38-79-32-33-80-39-53(75)69-30-28-67(29-31-69)46-20-26-68(27-21-46)50-16-15-48(65-66-50)57(77)70-24-18-42(19-25-70)8-5-6-23-61-51(73)17-12-43-9-7-22-60-35-43/h7,9-17,22,35,40,42,46-47,49,55,72H,5-6,8,18-21,23-34,36-39H2,1-4H3,(H,61,73)(H,62,76)(H,64,74)/b17-12+/t47-,49+,55-/m1/s1. The van der Waals surface area contributed by atoms with E-state index in [1.807, 2.05) is 85.5 Å². The molecule has 436 valence electrons. The summed E-state index contributed by atoms with van der Waals surface area (Å²) in [5.74, 6) is -0.332. The number of aromatic nitrogens is 4. The van der Waals surface area contributed by atoms with E-state index in [2.05, 4.69) is 45.9 Å². The van der Waals surface area contributed by atoms with Crippen molar-refractivity contribution in [2.45, 2.75) is 110 Å². The lowest BCUT2D eigenvalue weighted by molar-refractivity contribution is -0.144. The van der Waals surface area contributed by atoms with E-state index < -0.39 is 35.4 Å². The van der Waals surface area contributed by atoms with Gasteiger partial charge in [-0.3, -0.25) is 38.7 Å². The number of rotatable bonds is 23. The zero-order valence-corrected chi connectivity index (χ0v) is 48.1. The van der Waals surface area contributed by atoms with Gasteiger partial charge in [0.1, 0.15) is 25.3 Å². The normalized spacial score (nSPS) is 19.0. The van der Waals surface area contributed by atoms with Crippen molar-refractivity contribution in [3.05, 3.63) is 95.0 Å². The molecule has 4 N–H and O–H groups in total. The number of hydrogen-bond donors (Lipinski definition) is 4. The van der Waals surface area contributed by atoms with Crippen LogP contribution in [0, 0.1) is 18.3 Å². The number of ether oxygens (including phenoxy) is 2. The van der Waals surface area contributed by atoms with Gasteiger partial charge in [-0.2, -0.15) is 0 Å². The van der Waals surface area contributed by atoms with E-state index >= 15 is 0 Å². The van der Waals surface area contributed by atoms with E-state index in [0.717, 1.165) is 104 Å². The number of aliphatic hydroxyl groups is 1. The lowest BCUT2D eigenvalue weighted by Gasteiger charge is -2.43. The molecule has 21 nitrogen and oxygen atoms in total. The Kier molecular flexibility index (Phi) is 21.9. The van der Waals surface area contributed by atoms with Crippen LogP contribution in [0.4, 0.5) is 5.82 Å². The van der Waals surface area contributed by atoms with Gasteiger partial charge in [-0.1, -0.05) is 63.9 Å². The number of β-amino-alcohol motifs (C(OH)–C–C–N with tert-alkyl or cyclic N) is 1. The van der Waals surface area contributed by atoms with Gasteiger partial charge in [-0.25, -0.2) is 4.98 Å². The van der Waals surface area contributed by atoms with Crippen LogP contribution in [0.15, 0.2) is 72.5 Å². The van der Waals surface area contributed by atoms with Crippen LogP contribution in [-0.2, 0) is 40.0 Å². The summed E-state index contributed by atoms with van der Waals surface area (Å²) in [5.41, 5.74) is 5.22. The number of nitrogens with zero attached hydrogens (tertiary/aromatic N) is 9. The largest absolute Gasteiger partial charge is 0.391 e. The molecule has 4 aliphatic rings. The summed E-state index contributed by atoms with van der Waals surface area (Å²) in [5, 5.41) is 28.1. The van der Waals surface area contributed by atoms with Crippen molar-refractivity contribution >= 4 is 58.7 Å². The van der Waals surface area contributed by atoms with Gasteiger partial charge >= 0.3 is 0 Å². The van der Waals surface area contributed by atoms with Crippen molar-refractivity contribution in [3.8, 4) is 10.4 Å². The van der Waals surface area contributed by atoms with Crippen LogP contribution in [0.2, 0.25) is 0 Å². The maximum atomic E-state index is 14.0. The van der Waals surface area contributed by atoms with Gasteiger partial charge in [0.05, 0.1) is 35.4 Å². The molecular weight excluding hydrogens is 1050 g/mol. The Hall–Kier alpha value is -6.72. The highest BCUT2D eigenvalue weighted by Crippen LogP contribution is 2.30. The Balaban J connectivity index is 0.660. The summed E-state index contributed by atoms with van der Waals surface area (Å²) in [6.45, 7) is 13.8. The van der Waals surface area contributed by atoms with Crippen LogP contribution in [0.1, 0.15) is 99.4 Å². The Morgan fingerprint density at radius 1 is 0.840 bits per heavy atom. The number of aryl methyl sites for hydroxylation is 1. The number of anilines is 1. The van der Waals surface area contributed by atoms with E-state index in [9.17, 15) is 33.9 Å². The van der Waals surface area contributed by atoms with Crippen molar-refractivity contribution in [2.24, 2.45) is 11.3 Å². The molecule has 7 heterocycles. The first-order valence-electron chi connectivity index (χ1n) is 28.6. The lowest BCUT2D eigenvalue weighted by Crippen LogP contribution is -2.58. The smallest absolute Gasteiger partial charge is 0.274 e. The summed E-state index contributed by atoms with van der Waals surface area (Å²) in [6, 6.07) is 13.8. The van der Waals surface area contributed by atoms with Crippen molar-refractivity contribution in [2.75, 3.05) is 96.8 Å². The predicted octanol–water partition coefficient (Wildman–Crippen LogP) is 4.11. The number of hydrogen-bond acceptors (Lipinski definition) is 16. The first-order chi connectivity index (χ1) is 39.1. The third kappa shape index (κ3) is 17.4. The SMILES string of the molecule is Cc1ncsc1-c1ccc(CNC(=O)[C@@H]2C[C@@H](O)CN2C(=O)[C@@H](NC(=O)COCCOCC(=O)N2CCN(C3CCN(c4ccc(C(=O)N5CCC(CCCCNC(=O)/C=C/c6cccnc6)CC5)nn4)CC3)CC2)C(C)(C)C)cc1. The van der Waals surface area contributed by atoms with Crippen molar-refractivity contribution < 1.29 is 43.3 Å². The quantitative estimate of drug-likeness (QED) is 0.0603. The number of nitrogens with one attached hydrogen (secondary N) is 3. The molecule has 4 saturated heterocycles. The number of thiazole rings is 1. The fourth-order valence-corrected chi connectivity index (χ4v) is 11.8. The third-order valence-corrected chi connectivity index (χ3v) is 16.7. The monoisotopic (exact) mass is 1130 g/mol. The number of pyridine rings is 1. The number of likely N-dealkylation sites (tertiary alicyclic amines) is 2. The molecule has 4 aliphatic heterocycles. The number of carbonyl (C=O) groups excluding carboxylic acids is 6. The van der Waals surface area contributed by atoms with Gasteiger partial charge in [0, 0.05) is 103 Å². The van der Waals surface area contributed by atoms with E-state index in [4.69, 9.17) is 9.47 Å². The van der Waals surface area contributed by atoms with Gasteiger partial charge in [-0.05, 0) is 91.3 Å². The number of benzene rings is 1. The second kappa shape index (κ2) is 29.3. The Labute approximate surface area is 479 Å². The number of unbranched alkanes of at least 4 members (excludes halogenated alkanes) is 1. The molecule has 3 atom stereocenters. The molecule has 81 heavy (non-hydrogen) atoms. The zero-order valence-electron chi connectivity index (χ0n) is 47.3. The van der Waals surface area contributed by atoms with Crippen molar-refractivity contribution in [3.63, 3.8) is 0 Å². The molecule has 0 aliphatic carbocycles. The first kappa shape index (κ1) is 60.4. The Morgan fingerprint density at radius 3 is 2.25 bits per heavy atom. The highest BCUT2D eigenvalue weighted by Gasteiger charge is 2.44. The molecular formula is C59H80N12O9S. The molecule has 0 saturated carbocycles. The molecule has 3 aromatic heterocycles. The van der Waals surface area contributed by atoms with Crippen LogP contribution in [0.5, 0.6) is 0 Å². The molecule has 0 spiro atoms. The van der Waals surface area contributed by atoms with E-state index in [1.54, 1.807) is 35.9 Å². The van der Waals surface area contributed by atoms with E-state index in [-0.39, 0.29) is 69.6 Å². The molecule has 8 rings (SSSR count). The number of carbonyl (C=O) groups is 6. The molecule has 22 heteroatoms. The Morgan fingerprint density at radius 2 is 1.58 bits per heavy atom. The van der Waals surface area contributed by atoms with Crippen LogP contribution < -0.4 is 20.9 Å². The highest BCUT2D eigenvalue weighted by molar-refractivity contribution is 7.13. The molecule has 4 aromatic rings. The summed E-state index contributed by atoms with van der Waals surface area (Å²) < 4.78 is 11.2. The number of amides is 6. The van der Waals surface area contributed by atoms with Crippen LogP contribution in [0.3, 0.4) is 0 Å². The highest BCUT2D eigenvalue weighted by atomic mass is 32.1. The fraction of sp³-hybridized carbons (Fsp3) is 0.559. The number of aliphatic hydroxyl groups excluding tert-OH is 1. The average molecular weight is 1130 g/mol. The van der Waals surface area contributed by atoms with Crippen molar-refractivity contribution in [1.29, 1.82) is 0 Å². The maximum Gasteiger partial charge on any atom is 0.274 e. The molecule has 6 amide bonds. The summed E-state index contributed by atoms with van der Waals surface area (Å²) in [4.78, 5) is 98.4. The van der Waals surface area contributed by atoms with Crippen LogP contribution >= 0.6 is 11.3 Å². The fourth-order valence-electron chi connectivity index (χ4n) is 11.0. The zero-order chi connectivity index (χ0) is 57.3. The Bertz CT molecular complexity index is 2740. The summed E-state index contributed by atoms with van der Waals surface area (Å²) in [6.07, 6.45) is 12.7. The second-order valence-corrected chi connectivity index (χ2v) is 23.5. The molecule has 1 aromatic carbocycles. The first-order valence-corrected chi connectivity index (χ1v) is 29.4. The van der Waals surface area contributed by atoms with Crippen LogP contribution in [0.25, 0.3) is 16.5 Å². The van der Waals surface area contributed by atoms with Crippen LogP contribution in [-0.4, -0.2) is 196 Å². The van der Waals surface area contributed by atoms with Gasteiger partial charge in [-0.15, -0.1) is 21.5 Å². The summed E-state index contributed by atoms with van der Waals surface area (Å²) in [7, 11) is 0. The minimum absolute atomic E-state index is 0.0341. The second-order valence-electron chi connectivity index (χ2n) is 22.6. The minimum atomic E-state index is -0.997. The van der Waals surface area contributed by atoms with Gasteiger partial charge < -0.3 is 50.1 Å². The third-order valence-electron chi connectivity index (χ3n) is 15.7. The van der Waals surface area contributed by atoms with Gasteiger partial charge in [0.15, 0.2) is 11.5 Å². The molecule has 0 unspecified atom stereocenters. The van der Waals surface area contributed by atoms with Gasteiger partial charge in [0.25, 0.3) is 5.91 Å². The summed E-state index contributed by atoms with van der Waals surface area (Å²) >= 11 is 1.57. The van der Waals surface area contributed by atoms with E-state index in [0.29, 0.717) is 50.4 Å². The molecule has 4 fully saturated rings. The lowest BCUT2D eigenvalue weighted by atomic mass is 9.85. The average Bonchev–Trinajstić information content (AvgIpc) is 4.11. The number of piperidine rings is 2.